The van der Waals surface area contributed by atoms with E-state index < -0.39 is 0 Å². The van der Waals surface area contributed by atoms with Crippen molar-refractivity contribution in [2.45, 2.75) is 0 Å². The van der Waals surface area contributed by atoms with Crippen molar-refractivity contribution in [2.75, 3.05) is 78.5 Å². The van der Waals surface area contributed by atoms with Gasteiger partial charge in [-0.15, -0.1) is 0 Å². The fourth-order valence-corrected chi connectivity index (χ4v) is 0.631. The Morgan fingerprint density at radius 3 is 0.682 bits per heavy atom. The SMILES string of the molecule is NCCN.NCCN.NCCN.NCCNCCNCCN. The molecule has 0 atom stereocenters. The van der Waals surface area contributed by atoms with Gasteiger partial charge in [0, 0.05) is 78.5 Å². The lowest BCUT2D eigenvalue weighted by Gasteiger charge is -2.03. The molecule has 0 saturated carbocycles. The lowest BCUT2D eigenvalue weighted by molar-refractivity contribution is 0.618. The van der Waals surface area contributed by atoms with Crippen molar-refractivity contribution in [3.8, 4) is 0 Å². The normalized spacial score (nSPS) is 8.73. The molecule has 0 radical (unpaired) electrons. The van der Waals surface area contributed by atoms with E-state index in [0.29, 0.717) is 52.4 Å². The molecule has 18 N–H and O–H groups in total. The minimum atomic E-state index is 0.597. The Morgan fingerprint density at radius 2 is 0.545 bits per heavy atom. The third kappa shape index (κ3) is 73.6. The van der Waals surface area contributed by atoms with Crippen molar-refractivity contribution in [3.05, 3.63) is 0 Å². The summed E-state index contributed by atoms with van der Waals surface area (Å²) in [5.74, 6) is 0. The topological polar surface area (TPSA) is 232 Å². The number of rotatable bonds is 10. The van der Waals surface area contributed by atoms with Gasteiger partial charge < -0.3 is 56.5 Å². The molecule has 0 rings (SSSR count). The van der Waals surface area contributed by atoms with Crippen LogP contribution in [0.5, 0.6) is 0 Å². The molecule has 0 spiro atoms. The number of hydrogen-bond acceptors (Lipinski definition) is 10. The van der Waals surface area contributed by atoms with E-state index in [0.717, 1.165) is 26.2 Å². The van der Waals surface area contributed by atoms with Gasteiger partial charge in [-0.2, -0.15) is 0 Å². The molecule has 0 amide bonds. The number of nitrogens with two attached hydrogens (primary N) is 8. The zero-order valence-electron chi connectivity index (χ0n) is 14.1. The second kappa shape index (κ2) is 42.8. The van der Waals surface area contributed by atoms with Gasteiger partial charge in [0.1, 0.15) is 0 Å². The first-order chi connectivity index (χ1) is 10.7. The molecule has 0 fully saturated rings. The average Bonchev–Trinajstić information content (AvgIpc) is 2.58. The van der Waals surface area contributed by atoms with Gasteiger partial charge in [-0.25, -0.2) is 0 Å². The molecule has 10 nitrogen and oxygen atoms in total. The Balaban J connectivity index is -0.000000112. The molecule has 0 bridgehead atoms. The first-order valence-corrected chi connectivity index (χ1v) is 7.68. The molecule has 10 heteroatoms. The van der Waals surface area contributed by atoms with Crippen LogP contribution in [0.1, 0.15) is 0 Å². The van der Waals surface area contributed by atoms with Crippen molar-refractivity contribution in [3.63, 3.8) is 0 Å². The lowest BCUT2D eigenvalue weighted by Crippen LogP contribution is -2.32. The van der Waals surface area contributed by atoms with Gasteiger partial charge in [0.25, 0.3) is 0 Å². The molecular formula is C12H42N10. The van der Waals surface area contributed by atoms with Gasteiger partial charge in [-0.05, 0) is 0 Å². The van der Waals surface area contributed by atoms with E-state index >= 15 is 0 Å². The summed E-state index contributed by atoms with van der Waals surface area (Å²) in [7, 11) is 0. The molecule has 0 aliphatic rings. The second-order valence-corrected chi connectivity index (χ2v) is 3.81. The Labute approximate surface area is 136 Å². The number of nitrogens with one attached hydrogen (secondary N) is 2. The zero-order valence-corrected chi connectivity index (χ0v) is 14.1. The maximum atomic E-state index is 5.27. The fraction of sp³-hybridized carbons (Fsp3) is 1.00. The molecule has 0 aromatic carbocycles. The molecule has 0 aromatic rings. The van der Waals surface area contributed by atoms with Crippen LogP contribution < -0.4 is 56.5 Å². The van der Waals surface area contributed by atoms with E-state index in [-0.39, 0.29) is 0 Å². The summed E-state index contributed by atoms with van der Waals surface area (Å²) in [5.41, 5.74) is 39.9. The first-order valence-electron chi connectivity index (χ1n) is 7.68. The molecule has 0 heterocycles. The third-order valence-corrected chi connectivity index (χ3v) is 1.62. The summed E-state index contributed by atoms with van der Waals surface area (Å²) in [6.07, 6.45) is 0. The summed E-state index contributed by atoms with van der Waals surface area (Å²) >= 11 is 0. The summed E-state index contributed by atoms with van der Waals surface area (Å²) in [5, 5.41) is 6.33. The van der Waals surface area contributed by atoms with Crippen molar-refractivity contribution in [1.29, 1.82) is 0 Å². The third-order valence-electron chi connectivity index (χ3n) is 1.62. The van der Waals surface area contributed by atoms with Crippen LogP contribution in [0, 0.1) is 0 Å². The van der Waals surface area contributed by atoms with Crippen LogP contribution in [0.4, 0.5) is 0 Å². The first kappa shape index (κ1) is 29.6. The van der Waals surface area contributed by atoms with Crippen LogP contribution in [-0.2, 0) is 0 Å². The maximum absolute atomic E-state index is 5.27. The average molecular weight is 327 g/mol. The van der Waals surface area contributed by atoms with Crippen LogP contribution in [-0.4, -0.2) is 78.5 Å². The van der Waals surface area contributed by atoms with Crippen LogP contribution in [0.3, 0.4) is 0 Å². The molecule has 22 heavy (non-hydrogen) atoms. The molecule has 0 saturated heterocycles. The minimum Gasteiger partial charge on any atom is -0.329 e. The van der Waals surface area contributed by atoms with Crippen molar-refractivity contribution in [2.24, 2.45) is 45.9 Å². The maximum Gasteiger partial charge on any atom is 0.00772 e. The Bertz CT molecular complexity index is 105. The second-order valence-electron chi connectivity index (χ2n) is 3.81. The predicted molar refractivity (Wildman–Crippen MR) is 98.2 cm³/mol. The highest BCUT2D eigenvalue weighted by Crippen LogP contribution is 1.57. The molecule has 0 aliphatic heterocycles. The summed E-state index contributed by atoms with van der Waals surface area (Å²) < 4.78 is 0. The standard InChI is InChI=1S/C6H18N4.3C2H8N2/c7-1-3-9-5-6-10-4-2-8;3*3-1-2-4/h9-10H,1-8H2;3*1-4H2. The lowest BCUT2D eigenvalue weighted by atomic mass is 10.5. The molecule has 0 unspecified atom stereocenters. The van der Waals surface area contributed by atoms with Gasteiger partial charge >= 0.3 is 0 Å². The highest BCUT2D eigenvalue weighted by molar-refractivity contribution is 4.51. The summed E-state index contributed by atoms with van der Waals surface area (Å²) in [6, 6.07) is 0. The molecule has 140 valence electrons. The van der Waals surface area contributed by atoms with Crippen LogP contribution in [0.2, 0.25) is 0 Å². The minimum absolute atomic E-state index is 0.597. The highest BCUT2D eigenvalue weighted by Gasteiger charge is 1.83. The summed E-state index contributed by atoms with van der Waals surface area (Å²) in [6.45, 7) is 8.72. The van der Waals surface area contributed by atoms with Crippen LogP contribution >= 0.6 is 0 Å². The van der Waals surface area contributed by atoms with E-state index in [1.54, 1.807) is 0 Å². The number of hydrogen-bond donors (Lipinski definition) is 10. The Morgan fingerprint density at radius 1 is 0.318 bits per heavy atom. The molecular weight excluding hydrogens is 284 g/mol. The van der Waals surface area contributed by atoms with Gasteiger partial charge in [0.15, 0.2) is 0 Å². The van der Waals surface area contributed by atoms with Gasteiger partial charge in [-0.3, -0.25) is 0 Å². The highest BCUT2D eigenvalue weighted by atomic mass is 14.9. The van der Waals surface area contributed by atoms with Gasteiger partial charge in [0.05, 0.1) is 0 Å². The van der Waals surface area contributed by atoms with Gasteiger partial charge in [0.2, 0.25) is 0 Å². The summed E-state index contributed by atoms with van der Waals surface area (Å²) in [4.78, 5) is 0. The van der Waals surface area contributed by atoms with Crippen molar-refractivity contribution < 1.29 is 0 Å². The molecule has 0 aliphatic carbocycles. The van der Waals surface area contributed by atoms with Crippen molar-refractivity contribution >= 4 is 0 Å². The van der Waals surface area contributed by atoms with E-state index in [9.17, 15) is 0 Å². The predicted octanol–water partition coefficient (Wildman–Crippen LogP) is -5.21. The van der Waals surface area contributed by atoms with E-state index in [4.69, 9.17) is 45.9 Å². The fourth-order valence-electron chi connectivity index (χ4n) is 0.631. The van der Waals surface area contributed by atoms with Crippen LogP contribution in [0.15, 0.2) is 0 Å². The van der Waals surface area contributed by atoms with E-state index in [2.05, 4.69) is 10.6 Å². The largest absolute Gasteiger partial charge is 0.329 e. The van der Waals surface area contributed by atoms with Crippen molar-refractivity contribution in [1.82, 2.24) is 10.6 Å². The smallest absolute Gasteiger partial charge is 0.00772 e. The van der Waals surface area contributed by atoms with Crippen LogP contribution in [0.25, 0.3) is 0 Å². The van der Waals surface area contributed by atoms with E-state index in [1.165, 1.54) is 0 Å². The Hall–Kier alpha value is -0.400. The Kier molecular flexibility index (Phi) is 57.5. The molecule has 0 aromatic heterocycles. The zero-order chi connectivity index (χ0) is 17.9. The van der Waals surface area contributed by atoms with E-state index in [1.807, 2.05) is 0 Å². The quantitative estimate of drug-likeness (QED) is 0.171. The van der Waals surface area contributed by atoms with Gasteiger partial charge in [-0.1, -0.05) is 0 Å². The monoisotopic (exact) mass is 326 g/mol.